The van der Waals surface area contributed by atoms with Gasteiger partial charge in [0, 0.05) is 91.4 Å². The van der Waals surface area contributed by atoms with Crippen LogP contribution in [0.3, 0.4) is 0 Å². The number of hydrogen-bond acceptors (Lipinski definition) is 11. The Kier molecular flexibility index (Phi) is 16.5. The molecule has 2 N–H and O–H groups in total. The fraction of sp³-hybridized carbons (Fsp3) is 0.438. The van der Waals surface area contributed by atoms with Gasteiger partial charge in [-0.3, -0.25) is 14.6 Å². The summed E-state index contributed by atoms with van der Waals surface area (Å²) in [5.41, 5.74) is -1.27. The number of carbonyl (C=O) groups excluding carboxylic acids is 1. The standard InChI is InChI=1S/C48H58ClF3N6O5S3/c1-35(2)58-26-22-44(36-11-15-39(49)16-12-36)38(33-58)32-56-27-29-57(30-28-56)41-17-13-37(14-18-41)47(59)54-66(62,63)43-19-20-45(46(31-43)65(60,61)48(50,51)52)53-40(21-25-55-23-7-4-8-24-55)34-64-42-9-5-3-6-10-42/h3,5-6,9-20,31,35,40,53H,4,7-8,21-30,32-34H2,1-2H3,(H,54,59)/t40-/m1/s1. The number of sulfonamides is 1. The number of anilines is 2. The summed E-state index contributed by atoms with van der Waals surface area (Å²) >= 11 is 7.67. The van der Waals surface area contributed by atoms with Crippen LogP contribution in [0.25, 0.3) is 5.57 Å². The summed E-state index contributed by atoms with van der Waals surface area (Å²) in [5.74, 6) is -0.617. The molecule has 0 bridgehead atoms. The molecule has 0 aliphatic carbocycles. The Bertz CT molecular complexity index is 2540. The lowest BCUT2D eigenvalue weighted by atomic mass is 9.92. The quantitative estimate of drug-likeness (QED) is 0.0988. The summed E-state index contributed by atoms with van der Waals surface area (Å²) in [6, 6.07) is 26.4. The Morgan fingerprint density at radius 2 is 1.48 bits per heavy atom. The number of piperidine rings is 1. The average Bonchev–Trinajstić information content (AvgIpc) is 3.30. The molecule has 4 aromatic carbocycles. The Balaban J connectivity index is 1.02. The fourth-order valence-corrected chi connectivity index (χ4v) is 11.9. The van der Waals surface area contributed by atoms with Gasteiger partial charge in [0.15, 0.2) is 0 Å². The minimum atomic E-state index is -6.04. The predicted molar refractivity (Wildman–Crippen MR) is 259 cm³/mol. The first-order valence-electron chi connectivity index (χ1n) is 22.4. The second kappa shape index (κ2) is 21.9. The highest BCUT2D eigenvalue weighted by Crippen LogP contribution is 2.37. The largest absolute Gasteiger partial charge is 0.501 e. The molecule has 0 spiro atoms. The van der Waals surface area contributed by atoms with E-state index in [0.717, 1.165) is 107 Å². The average molecular weight is 988 g/mol. The topological polar surface area (TPSA) is 122 Å². The normalized spacial score (nSPS) is 17.8. The number of rotatable bonds is 17. The SMILES string of the molecule is CC(C)N1CCC(c2ccc(Cl)cc2)=C(CN2CCN(c3ccc(C(=O)NS(=O)(=O)c4ccc(N[C@H](CCN5CCCCC5)CSc5ccccc5)c(S(=O)(=O)C(F)(F)F)c4)cc3)CC2)C1. The van der Waals surface area contributed by atoms with E-state index in [9.17, 15) is 34.8 Å². The zero-order valence-corrected chi connectivity index (χ0v) is 40.5. The third-order valence-electron chi connectivity index (χ3n) is 12.6. The monoisotopic (exact) mass is 986 g/mol. The van der Waals surface area contributed by atoms with Gasteiger partial charge in [-0.05, 0) is 136 Å². The Morgan fingerprint density at radius 3 is 2.14 bits per heavy atom. The molecule has 3 aliphatic heterocycles. The molecule has 66 heavy (non-hydrogen) atoms. The molecule has 11 nitrogen and oxygen atoms in total. The lowest BCUT2D eigenvalue weighted by Gasteiger charge is -2.39. The van der Waals surface area contributed by atoms with Crippen LogP contribution in [0, 0.1) is 0 Å². The van der Waals surface area contributed by atoms with Gasteiger partial charge in [-0.25, -0.2) is 21.6 Å². The third-order valence-corrected chi connectivity index (χ3v) is 16.8. The second-order valence-corrected chi connectivity index (χ2v) is 22.5. The van der Waals surface area contributed by atoms with Crippen molar-refractivity contribution in [3.05, 3.63) is 119 Å². The van der Waals surface area contributed by atoms with Crippen molar-refractivity contribution in [1.29, 1.82) is 0 Å². The Labute approximate surface area is 396 Å². The zero-order chi connectivity index (χ0) is 47.1. The van der Waals surface area contributed by atoms with E-state index in [1.807, 2.05) is 47.2 Å². The highest BCUT2D eigenvalue weighted by atomic mass is 35.5. The number of sulfone groups is 1. The maximum absolute atomic E-state index is 14.2. The van der Waals surface area contributed by atoms with Crippen molar-refractivity contribution in [1.82, 2.24) is 19.4 Å². The van der Waals surface area contributed by atoms with Gasteiger partial charge < -0.3 is 15.1 Å². The molecule has 1 atom stereocenters. The predicted octanol–water partition coefficient (Wildman–Crippen LogP) is 8.89. The number of piperazine rings is 1. The van der Waals surface area contributed by atoms with Gasteiger partial charge in [0.1, 0.15) is 4.90 Å². The highest BCUT2D eigenvalue weighted by molar-refractivity contribution is 7.99. The van der Waals surface area contributed by atoms with Gasteiger partial charge in [-0.1, -0.05) is 48.4 Å². The smallest absolute Gasteiger partial charge is 0.380 e. The van der Waals surface area contributed by atoms with Crippen LogP contribution in [-0.4, -0.2) is 126 Å². The van der Waals surface area contributed by atoms with E-state index in [-0.39, 0.29) is 11.3 Å². The number of hydrogen-bond donors (Lipinski definition) is 2. The number of halogens is 4. The summed E-state index contributed by atoms with van der Waals surface area (Å²) in [6.07, 6.45) is 4.69. The van der Waals surface area contributed by atoms with Crippen LogP contribution >= 0.6 is 23.4 Å². The lowest BCUT2D eigenvalue weighted by Crippen LogP contribution is -2.48. The number of carbonyl (C=O) groups is 1. The van der Waals surface area contributed by atoms with Crippen LogP contribution in [0.4, 0.5) is 24.5 Å². The van der Waals surface area contributed by atoms with E-state index in [1.165, 1.54) is 40.6 Å². The molecule has 3 heterocycles. The molecule has 18 heteroatoms. The zero-order valence-electron chi connectivity index (χ0n) is 37.3. The number of alkyl halides is 3. The van der Waals surface area contributed by atoms with Crippen LogP contribution in [0.5, 0.6) is 0 Å². The van der Waals surface area contributed by atoms with Crippen LogP contribution in [0.15, 0.2) is 117 Å². The summed E-state index contributed by atoms with van der Waals surface area (Å²) < 4.78 is 97.9. The van der Waals surface area contributed by atoms with Crippen molar-refractivity contribution >= 4 is 66.1 Å². The highest BCUT2D eigenvalue weighted by Gasteiger charge is 2.48. The molecule has 0 radical (unpaired) electrons. The first-order valence-corrected chi connectivity index (χ1v) is 26.8. The van der Waals surface area contributed by atoms with Crippen molar-refractivity contribution < 1.29 is 34.8 Å². The van der Waals surface area contributed by atoms with Gasteiger partial charge in [-0.15, -0.1) is 11.8 Å². The van der Waals surface area contributed by atoms with E-state index >= 15 is 0 Å². The molecular weight excluding hydrogens is 929 g/mol. The Morgan fingerprint density at radius 1 is 0.803 bits per heavy atom. The molecule has 0 unspecified atom stereocenters. The van der Waals surface area contributed by atoms with Gasteiger partial charge in [0.2, 0.25) is 0 Å². The molecule has 4 aromatic rings. The molecule has 7 rings (SSSR count). The Hall–Kier alpha value is -4.10. The van der Waals surface area contributed by atoms with Crippen LogP contribution in [0.2, 0.25) is 5.02 Å². The first-order chi connectivity index (χ1) is 31.5. The van der Waals surface area contributed by atoms with Crippen molar-refractivity contribution in [3.8, 4) is 0 Å². The number of nitrogens with one attached hydrogen (secondary N) is 2. The maximum atomic E-state index is 14.2. The first kappa shape index (κ1) is 49.8. The number of benzene rings is 4. The van der Waals surface area contributed by atoms with E-state index in [1.54, 1.807) is 12.1 Å². The van der Waals surface area contributed by atoms with Crippen molar-refractivity contribution in [3.63, 3.8) is 0 Å². The summed E-state index contributed by atoms with van der Waals surface area (Å²) in [5, 5.41) is 3.74. The van der Waals surface area contributed by atoms with Gasteiger partial charge in [-0.2, -0.15) is 13.2 Å². The number of thioether (sulfide) groups is 1. The van der Waals surface area contributed by atoms with Crippen molar-refractivity contribution in [2.24, 2.45) is 0 Å². The van der Waals surface area contributed by atoms with Crippen molar-refractivity contribution in [2.45, 2.75) is 78.2 Å². The molecule has 356 valence electrons. The van der Waals surface area contributed by atoms with Crippen molar-refractivity contribution in [2.75, 3.05) is 81.4 Å². The molecular formula is C48H58ClF3N6O5S3. The van der Waals surface area contributed by atoms with Crippen LogP contribution in [-0.2, 0) is 19.9 Å². The fourth-order valence-electron chi connectivity index (χ4n) is 8.72. The summed E-state index contributed by atoms with van der Waals surface area (Å²) in [6.45, 7) is 12.7. The van der Waals surface area contributed by atoms with Gasteiger partial charge in [0.05, 0.1) is 10.6 Å². The maximum Gasteiger partial charge on any atom is 0.501 e. The number of amides is 1. The molecule has 0 saturated carbocycles. The second-order valence-electron chi connectivity index (χ2n) is 17.4. The molecule has 3 aliphatic rings. The van der Waals surface area contributed by atoms with E-state index in [4.69, 9.17) is 11.6 Å². The molecule has 2 fully saturated rings. The van der Waals surface area contributed by atoms with Crippen LogP contribution in [0.1, 0.15) is 61.9 Å². The van der Waals surface area contributed by atoms with E-state index < -0.39 is 47.1 Å². The minimum Gasteiger partial charge on any atom is -0.380 e. The van der Waals surface area contributed by atoms with E-state index in [0.29, 0.717) is 35.8 Å². The van der Waals surface area contributed by atoms with E-state index in [2.05, 4.69) is 50.9 Å². The lowest BCUT2D eigenvalue weighted by molar-refractivity contribution is -0.0435. The summed E-state index contributed by atoms with van der Waals surface area (Å²) in [4.78, 5) is 21.7. The van der Waals surface area contributed by atoms with Gasteiger partial charge in [0.25, 0.3) is 25.8 Å². The number of nitrogens with zero attached hydrogens (tertiary/aromatic N) is 4. The minimum absolute atomic E-state index is 0.00326. The van der Waals surface area contributed by atoms with Gasteiger partial charge >= 0.3 is 5.51 Å². The molecule has 0 aromatic heterocycles. The third kappa shape index (κ3) is 12.7. The number of likely N-dealkylation sites (tertiary alicyclic amines) is 1. The molecule has 2 saturated heterocycles. The molecule has 1 amide bonds. The van der Waals surface area contributed by atoms with Crippen LogP contribution < -0.4 is 14.9 Å². The summed E-state index contributed by atoms with van der Waals surface area (Å²) in [7, 11) is -10.9.